The van der Waals surface area contributed by atoms with E-state index in [1.165, 1.54) is 0 Å². The molecule has 96 valence electrons. The Morgan fingerprint density at radius 2 is 1.68 bits per heavy atom. The monoisotopic (exact) mass is 260 g/mol. The summed E-state index contributed by atoms with van der Waals surface area (Å²) in [7, 11) is 0. The van der Waals surface area contributed by atoms with Crippen LogP contribution in [-0.2, 0) is 28.7 Å². The Labute approximate surface area is 107 Å². The molecule has 0 bridgehead atoms. The molecule has 0 aromatic heterocycles. The van der Waals surface area contributed by atoms with E-state index in [4.69, 9.17) is 0 Å². The number of esters is 4. The smallest absolute Gasteiger partial charge is 0.347 e. The zero-order chi connectivity index (χ0) is 13.9. The molecule has 0 N–H and O–H groups in total. The minimum atomic E-state index is -0.776. The second-order valence-corrected chi connectivity index (χ2v) is 4.51. The van der Waals surface area contributed by atoms with Crippen LogP contribution in [-0.4, -0.2) is 23.9 Å². The van der Waals surface area contributed by atoms with Gasteiger partial charge in [0.25, 0.3) is 0 Å². The summed E-state index contributed by atoms with van der Waals surface area (Å²) >= 11 is 0. The number of cyclic esters (lactones) is 4. The van der Waals surface area contributed by atoms with Gasteiger partial charge in [-0.25, -0.2) is 14.4 Å². The number of hydrogen-bond donors (Lipinski definition) is 0. The third-order valence-corrected chi connectivity index (χ3v) is 3.36. The van der Waals surface area contributed by atoms with Crippen molar-refractivity contribution in [3.8, 4) is 0 Å². The summed E-state index contributed by atoms with van der Waals surface area (Å²) in [6, 6.07) is 0. The molecule has 1 aliphatic carbocycles. The third-order valence-electron chi connectivity index (χ3n) is 3.36. The van der Waals surface area contributed by atoms with Crippen molar-refractivity contribution in [1.82, 2.24) is 0 Å². The molecule has 0 amide bonds. The lowest BCUT2D eigenvalue weighted by atomic mass is 10.0. The fraction of sp³-hybridized carbons (Fsp3) is 0.231. The fourth-order valence-electron chi connectivity index (χ4n) is 2.27. The van der Waals surface area contributed by atoms with Gasteiger partial charge in [-0.3, -0.25) is 4.79 Å². The zero-order valence-electron chi connectivity index (χ0n) is 9.94. The Morgan fingerprint density at radius 3 is 2.16 bits per heavy atom. The summed E-state index contributed by atoms with van der Waals surface area (Å²) in [5.74, 6) is -3.48. The van der Waals surface area contributed by atoms with Crippen LogP contribution >= 0.6 is 0 Å². The summed E-state index contributed by atoms with van der Waals surface area (Å²) in [5.41, 5.74) is 1.46. The van der Waals surface area contributed by atoms with Crippen molar-refractivity contribution in [2.45, 2.75) is 13.3 Å². The van der Waals surface area contributed by atoms with Crippen LogP contribution in [0.4, 0.5) is 0 Å². The maximum atomic E-state index is 11.5. The van der Waals surface area contributed by atoms with Crippen LogP contribution in [0.15, 0.2) is 34.4 Å². The van der Waals surface area contributed by atoms with Gasteiger partial charge < -0.3 is 9.47 Å². The van der Waals surface area contributed by atoms with E-state index in [9.17, 15) is 19.2 Å². The van der Waals surface area contributed by atoms with Gasteiger partial charge in [-0.15, -0.1) is 0 Å². The molecule has 6 nitrogen and oxygen atoms in total. The lowest BCUT2D eigenvalue weighted by molar-refractivity contribution is -0.153. The highest BCUT2D eigenvalue weighted by Crippen LogP contribution is 2.48. The van der Waals surface area contributed by atoms with Crippen molar-refractivity contribution in [3.63, 3.8) is 0 Å². The molecular weight excluding hydrogens is 252 g/mol. The first-order valence-corrected chi connectivity index (χ1v) is 5.60. The molecule has 2 heterocycles. The summed E-state index contributed by atoms with van der Waals surface area (Å²) in [6.07, 6.45) is 0.360. The first-order chi connectivity index (χ1) is 8.91. The average molecular weight is 260 g/mol. The topological polar surface area (TPSA) is 86.7 Å². The van der Waals surface area contributed by atoms with Gasteiger partial charge in [-0.2, -0.15) is 0 Å². The minimum absolute atomic E-state index is 0.0130. The number of carbonyl (C=O) groups is 4. The Hall–Kier alpha value is -2.50. The second-order valence-electron chi connectivity index (χ2n) is 4.51. The first-order valence-electron chi connectivity index (χ1n) is 5.60. The van der Waals surface area contributed by atoms with Crippen molar-refractivity contribution in [3.05, 3.63) is 34.4 Å². The molecular formula is C13H8O6. The average Bonchev–Trinajstić information content (AvgIpc) is 2.96. The third kappa shape index (κ3) is 1.49. The largest absolute Gasteiger partial charge is 0.389 e. The zero-order valence-corrected chi connectivity index (χ0v) is 9.94. The van der Waals surface area contributed by atoms with E-state index in [0.717, 1.165) is 0 Å². The van der Waals surface area contributed by atoms with E-state index < -0.39 is 29.8 Å². The van der Waals surface area contributed by atoms with Gasteiger partial charge in [-0.05, 0) is 24.5 Å². The van der Waals surface area contributed by atoms with Crippen LogP contribution < -0.4 is 0 Å². The summed E-state index contributed by atoms with van der Waals surface area (Å²) in [4.78, 5) is 45.5. The standard InChI is InChI=1S/C13H8O6/c1-4-8(12(16)18-10(4)14)6-3-7(6)9-5(2)11(15)19-13(9)17/h5H,1,3H2,2H3/b8-6+,9-7+/t5-/m1/s1. The molecule has 0 radical (unpaired) electrons. The summed E-state index contributed by atoms with van der Waals surface area (Å²) < 4.78 is 8.94. The Kier molecular flexibility index (Phi) is 2.14. The number of hydrogen-bond acceptors (Lipinski definition) is 6. The van der Waals surface area contributed by atoms with Crippen molar-refractivity contribution >= 4 is 23.9 Å². The van der Waals surface area contributed by atoms with Crippen molar-refractivity contribution in [1.29, 1.82) is 0 Å². The van der Waals surface area contributed by atoms with E-state index in [-0.39, 0.29) is 16.7 Å². The Balaban J connectivity index is 2.08. The van der Waals surface area contributed by atoms with Crippen LogP contribution in [0, 0.1) is 5.92 Å². The van der Waals surface area contributed by atoms with Crippen LogP contribution in [0.5, 0.6) is 0 Å². The molecule has 0 spiro atoms. The molecule has 6 heteroatoms. The van der Waals surface area contributed by atoms with E-state index in [1.54, 1.807) is 6.92 Å². The quantitative estimate of drug-likeness (QED) is 0.354. The number of ether oxygens (including phenoxy) is 2. The van der Waals surface area contributed by atoms with E-state index in [0.29, 0.717) is 17.6 Å². The normalized spacial score (nSPS) is 33.9. The van der Waals surface area contributed by atoms with Crippen LogP contribution in [0.1, 0.15) is 13.3 Å². The number of allylic oxidation sites excluding steroid dienone is 2. The molecule has 0 aromatic carbocycles. The van der Waals surface area contributed by atoms with Gasteiger partial charge in [0.2, 0.25) is 0 Å². The van der Waals surface area contributed by atoms with E-state index in [2.05, 4.69) is 16.1 Å². The molecule has 1 atom stereocenters. The summed E-state index contributed by atoms with van der Waals surface area (Å²) in [5, 5.41) is 0. The Morgan fingerprint density at radius 1 is 1.00 bits per heavy atom. The van der Waals surface area contributed by atoms with Crippen LogP contribution in [0.25, 0.3) is 0 Å². The van der Waals surface area contributed by atoms with E-state index >= 15 is 0 Å². The highest BCUT2D eigenvalue weighted by Gasteiger charge is 2.46. The molecule has 3 rings (SSSR count). The SMILES string of the molecule is C=C1C(=O)OC(=O)/C1=C1\C\C1=C1/C(=O)OC(=O)[C@@H]1C. The predicted molar refractivity (Wildman–Crippen MR) is 59.2 cm³/mol. The predicted octanol–water partition coefficient (Wildman–Crippen LogP) is 0.342. The van der Waals surface area contributed by atoms with Gasteiger partial charge in [-0.1, -0.05) is 6.58 Å². The molecule has 0 unspecified atom stereocenters. The van der Waals surface area contributed by atoms with Crippen molar-refractivity contribution in [2.75, 3.05) is 0 Å². The minimum Gasteiger partial charge on any atom is -0.389 e. The highest BCUT2D eigenvalue weighted by atomic mass is 16.6. The molecule has 3 aliphatic rings. The lowest BCUT2D eigenvalue weighted by Crippen LogP contribution is -2.03. The van der Waals surface area contributed by atoms with Gasteiger partial charge in [0, 0.05) is 0 Å². The number of rotatable bonds is 0. The summed E-state index contributed by atoms with van der Waals surface area (Å²) in [6.45, 7) is 5.04. The van der Waals surface area contributed by atoms with Gasteiger partial charge in [0.1, 0.15) is 0 Å². The van der Waals surface area contributed by atoms with E-state index in [1.807, 2.05) is 0 Å². The maximum Gasteiger partial charge on any atom is 0.347 e. The second kappa shape index (κ2) is 3.50. The van der Waals surface area contributed by atoms with Crippen molar-refractivity contribution in [2.24, 2.45) is 5.92 Å². The molecule has 0 aromatic rings. The molecule has 2 saturated heterocycles. The highest BCUT2D eigenvalue weighted by molar-refractivity contribution is 6.19. The number of carbonyl (C=O) groups excluding carboxylic acids is 4. The fourth-order valence-corrected chi connectivity index (χ4v) is 2.27. The molecule has 19 heavy (non-hydrogen) atoms. The maximum absolute atomic E-state index is 11.5. The Bertz CT molecular complexity index is 661. The van der Waals surface area contributed by atoms with Crippen LogP contribution in [0.2, 0.25) is 0 Å². The van der Waals surface area contributed by atoms with Gasteiger partial charge >= 0.3 is 23.9 Å². The first kappa shape index (κ1) is 11.6. The van der Waals surface area contributed by atoms with Crippen molar-refractivity contribution < 1.29 is 28.7 Å². The van der Waals surface area contributed by atoms with Crippen LogP contribution in [0.3, 0.4) is 0 Å². The van der Waals surface area contributed by atoms with Gasteiger partial charge in [0.05, 0.1) is 22.6 Å². The van der Waals surface area contributed by atoms with Gasteiger partial charge in [0.15, 0.2) is 0 Å². The lowest BCUT2D eigenvalue weighted by Gasteiger charge is -1.94. The molecule has 3 fully saturated rings. The molecule has 1 saturated carbocycles. The molecule has 2 aliphatic heterocycles.